The molecule has 0 heterocycles. The van der Waals surface area contributed by atoms with Gasteiger partial charge in [0, 0.05) is 6.04 Å². The molecule has 0 radical (unpaired) electrons. The van der Waals surface area contributed by atoms with Gasteiger partial charge in [-0.3, -0.25) is 4.79 Å². The minimum atomic E-state index is -0.201. The maximum atomic E-state index is 11.2. The minimum Gasteiger partial charge on any atom is -0.381 e. The van der Waals surface area contributed by atoms with Crippen molar-refractivity contribution in [3.63, 3.8) is 0 Å². The Morgan fingerprint density at radius 1 is 1.33 bits per heavy atom. The molecule has 0 aromatic heterocycles. The molecule has 0 saturated heterocycles. The van der Waals surface area contributed by atoms with Gasteiger partial charge in [-0.2, -0.15) is 0 Å². The summed E-state index contributed by atoms with van der Waals surface area (Å²) in [6.45, 7) is 7.51. The molecule has 0 aliphatic rings. The van der Waals surface area contributed by atoms with Crippen LogP contribution in [0.2, 0.25) is 0 Å². The fourth-order valence-corrected chi connectivity index (χ4v) is 1.21. The summed E-state index contributed by atoms with van der Waals surface area (Å²) in [4.78, 5) is 11.2. The molecule has 0 aliphatic heterocycles. The van der Waals surface area contributed by atoms with Crippen molar-refractivity contribution in [3.05, 3.63) is 36.9 Å². The zero-order valence-corrected chi connectivity index (χ0v) is 9.08. The average Bonchev–Trinajstić information content (AvgIpc) is 2.20. The largest absolute Gasteiger partial charge is 0.381 e. The van der Waals surface area contributed by atoms with E-state index in [1.54, 1.807) is 0 Å². The molecule has 15 heavy (non-hydrogen) atoms. The van der Waals surface area contributed by atoms with Crippen LogP contribution in [0.25, 0.3) is 0 Å². The van der Waals surface area contributed by atoms with Gasteiger partial charge in [-0.05, 0) is 32.1 Å². The summed E-state index contributed by atoms with van der Waals surface area (Å²) < 4.78 is 0. The van der Waals surface area contributed by atoms with Gasteiger partial charge in [0.1, 0.15) is 0 Å². The number of anilines is 2. The Morgan fingerprint density at radius 3 is 2.47 bits per heavy atom. The van der Waals surface area contributed by atoms with E-state index in [4.69, 9.17) is 0 Å². The SMILES string of the molecule is C=CC(=O)Nc1ccccc1NC(C)C. The van der Waals surface area contributed by atoms with Crippen LogP contribution in [0.15, 0.2) is 36.9 Å². The topological polar surface area (TPSA) is 41.1 Å². The van der Waals surface area contributed by atoms with E-state index in [9.17, 15) is 4.79 Å². The summed E-state index contributed by atoms with van der Waals surface area (Å²) in [6.07, 6.45) is 1.26. The highest BCUT2D eigenvalue weighted by molar-refractivity contribution is 6.01. The highest BCUT2D eigenvalue weighted by Gasteiger charge is 2.04. The van der Waals surface area contributed by atoms with Crippen molar-refractivity contribution in [2.45, 2.75) is 19.9 Å². The van der Waals surface area contributed by atoms with Gasteiger partial charge in [0.2, 0.25) is 5.91 Å². The molecule has 0 fully saturated rings. The molecule has 0 aliphatic carbocycles. The number of nitrogens with one attached hydrogen (secondary N) is 2. The second-order valence-electron chi connectivity index (χ2n) is 3.54. The number of hydrogen-bond acceptors (Lipinski definition) is 2. The predicted octanol–water partition coefficient (Wildman–Crippen LogP) is 2.63. The third kappa shape index (κ3) is 3.46. The Balaban J connectivity index is 2.85. The van der Waals surface area contributed by atoms with Crippen LogP contribution in [0.4, 0.5) is 11.4 Å². The standard InChI is InChI=1S/C12H16N2O/c1-4-12(15)14-11-8-6-5-7-10(11)13-9(2)3/h4-9,13H,1H2,2-3H3,(H,14,15). The van der Waals surface area contributed by atoms with E-state index in [1.807, 2.05) is 38.1 Å². The van der Waals surface area contributed by atoms with Crippen molar-refractivity contribution in [3.8, 4) is 0 Å². The monoisotopic (exact) mass is 204 g/mol. The van der Waals surface area contributed by atoms with E-state index in [2.05, 4.69) is 17.2 Å². The molecular formula is C12H16N2O. The lowest BCUT2D eigenvalue weighted by atomic mass is 10.2. The van der Waals surface area contributed by atoms with Crippen molar-refractivity contribution < 1.29 is 4.79 Å². The Bertz CT molecular complexity index is 358. The molecule has 2 N–H and O–H groups in total. The van der Waals surface area contributed by atoms with E-state index in [0.717, 1.165) is 11.4 Å². The molecule has 1 aromatic rings. The van der Waals surface area contributed by atoms with Crippen LogP contribution in [0.3, 0.4) is 0 Å². The van der Waals surface area contributed by atoms with Gasteiger partial charge < -0.3 is 10.6 Å². The van der Waals surface area contributed by atoms with E-state index in [0.29, 0.717) is 6.04 Å². The molecule has 0 atom stereocenters. The van der Waals surface area contributed by atoms with Crippen molar-refractivity contribution in [2.75, 3.05) is 10.6 Å². The normalized spacial score (nSPS) is 9.80. The van der Waals surface area contributed by atoms with Crippen LogP contribution in [0.1, 0.15) is 13.8 Å². The van der Waals surface area contributed by atoms with E-state index in [-0.39, 0.29) is 5.91 Å². The highest BCUT2D eigenvalue weighted by atomic mass is 16.1. The lowest BCUT2D eigenvalue weighted by Crippen LogP contribution is -2.14. The Morgan fingerprint density at radius 2 is 1.93 bits per heavy atom. The lowest BCUT2D eigenvalue weighted by Gasteiger charge is -2.14. The predicted molar refractivity (Wildman–Crippen MR) is 64.0 cm³/mol. The van der Waals surface area contributed by atoms with E-state index in [1.165, 1.54) is 6.08 Å². The van der Waals surface area contributed by atoms with Gasteiger partial charge >= 0.3 is 0 Å². The van der Waals surface area contributed by atoms with Crippen LogP contribution in [0, 0.1) is 0 Å². The molecule has 3 heteroatoms. The minimum absolute atomic E-state index is 0.201. The van der Waals surface area contributed by atoms with Gasteiger partial charge in [-0.15, -0.1) is 0 Å². The van der Waals surface area contributed by atoms with Gasteiger partial charge in [-0.25, -0.2) is 0 Å². The van der Waals surface area contributed by atoms with Crippen molar-refractivity contribution in [2.24, 2.45) is 0 Å². The second kappa shape index (κ2) is 5.20. The molecule has 3 nitrogen and oxygen atoms in total. The van der Waals surface area contributed by atoms with E-state index >= 15 is 0 Å². The Hall–Kier alpha value is -1.77. The third-order valence-corrected chi connectivity index (χ3v) is 1.81. The number of hydrogen-bond donors (Lipinski definition) is 2. The first kappa shape index (κ1) is 11.3. The molecule has 80 valence electrons. The smallest absolute Gasteiger partial charge is 0.247 e. The summed E-state index contributed by atoms with van der Waals surface area (Å²) in [7, 11) is 0. The summed E-state index contributed by atoms with van der Waals surface area (Å²) in [5.41, 5.74) is 1.69. The zero-order valence-electron chi connectivity index (χ0n) is 9.08. The molecule has 0 spiro atoms. The summed E-state index contributed by atoms with van der Waals surface area (Å²) in [6, 6.07) is 7.91. The van der Waals surface area contributed by atoms with Gasteiger partial charge in [0.15, 0.2) is 0 Å². The second-order valence-corrected chi connectivity index (χ2v) is 3.54. The van der Waals surface area contributed by atoms with Crippen LogP contribution >= 0.6 is 0 Å². The Kier molecular flexibility index (Phi) is 3.92. The number of rotatable bonds is 4. The van der Waals surface area contributed by atoms with Gasteiger partial charge in [-0.1, -0.05) is 18.7 Å². The zero-order chi connectivity index (χ0) is 11.3. The quantitative estimate of drug-likeness (QED) is 0.740. The summed E-state index contributed by atoms with van der Waals surface area (Å²) >= 11 is 0. The fourth-order valence-electron chi connectivity index (χ4n) is 1.21. The van der Waals surface area contributed by atoms with Crippen LogP contribution in [-0.2, 0) is 4.79 Å². The third-order valence-electron chi connectivity index (χ3n) is 1.81. The van der Waals surface area contributed by atoms with Gasteiger partial charge in [0.05, 0.1) is 11.4 Å². The maximum absolute atomic E-state index is 11.2. The van der Waals surface area contributed by atoms with Crippen molar-refractivity contribution >= 4 is 17.3 Å². The van der Waals surface area contributed by atoms with Gasteiger partial charge in [0.25, 0.3) is 0 Å². The van der Waals surface area contributed by atoms with Crippen molar-refractivity contribution in [1.29, 1.82) is 0 Å². The molecule has 1 amide bonds. The number of carbonyl (C=O) groups excluding carboxylic acids is 1. The number of para-hydroxylation sites is 2. The first-order chi connectivity index (χ1) is 7.13. The first-order valence-electron chi connectivity index (χ1n) is 4.92. The lowest BCUT2D eigenvalue weighted by molar-refractivity contribution is -0.111. The fraction of sp³-hybridized carbons (Fsp3) is 0.250. The van der Waals surface area contributed by atoms with E-state index < -0.39 is 0 Å². The molecular weight excluding hydrogens is 188 g/mol. The number of amides is 1. The molecule has 0 bridgehead atoms. The maximum Gasteiger partial charge on any atom is 0.247 e. The molecule has 0 unspecified atom stereocenters. The molecule has 0 saturated carbocycles. The highest BCUT2D eigenvalue weighted by Crippen LogP contribution is 2.21. The Labute approximate surface area is 90.2 Å². The number of benzene rings is 1. The van der Waals surface area contributed by atoms with Crippen LogP contribution < -0.4 is 10.6 Å². The van der Waals surface area contributed by atoms with Crippen LogP contribution in [-0.4, -0.2) is 11.9 Å². The average molecular weight is 204 g/mol. The molecule has 1 aromatic carbocycles. The van der Waals surface area contributed by atoms with Crippen molar-refractivity contribution in [1.82, 2.24) is 0 Å². The first-order valence-corrected chi connectivity index (χ1v) is 4.92. The molecule has 1 rings (SSSR count). The summed E-state index contributed by atoms with van der Waals surface area (Å²) in [5, 5.41) is 6.00. The number of carbonyl (C=O) groups is 1. The summed E-state index contributed by atoms with van der Waals surface area (Å²) in [5.74, 6) is -0.201. The van der Waals surface area contributed by atoms with Crippen LogP contribution in [0.5, 0.6) is 0 Å².